The highest BCUT2D eigenvalue weighted by molar-refractivity contribution is 5.98. The quantitative estimate of drug-likeness (QED) is 0.376. The van der Waals surface area contributed by atoms with Crippen LogP contribution in [0.2, 0.25) is 0 Å². The van der Waals surface area contributed by atoms with Crippen LogP contribution in [0.3, 0.4) is 0 Å². The molecule has 0 aliphatic heterocycles. The van der Waals surface area contributed by atoms with E-state index in [1.807, 2.05) is 19.9 Å². The van der Waals surface area contributed by atoms with E-state index < -0.39 is 22.9 Å². The van der Waals surface area contributed by atoms with Gasteiger partial charge in [-0.2, -0.15) is 5.10 Å². The van der Waals surface area contributed by atoms with Gasteiger partial charge in [0.2, 0.25) is 0 Å². The van der Waals surface area contributed by atoms with Gasteiger partial charge in [-0.15, -0.1) is 0 Å². The van der Waals surface area contributed by atoms with Crippen LogP contribution in [-0.2, 0) is 9.53 Å². The van der Waals surface area contributed by atoms with E-state index in [-0.39, 0.29) is 16.9 Å². The van der Waals surface area contributed by atoms with Crippen LogP contribution < -0.4 is 5.32 Å². The van der Waals surface area contributed by atoms with Crippen molar-refractivity contribution < 1.29 is 19.2 Å². The van der Waals surface area contributed by atoms with E-state index in [0.717, 1.165) is 11.4 Å². The zero-order valence-corrected chi connectivity index (χ0v) is 16.5. The van der Waals surface area contributed by atoms with Gasteiger partial charge in [0.1, 0.15) is 5.69 Å². The van der Waals surface area contributed by atoms with Crippen molar-refractivity contribution >= 4 is 23.3 Å². The van der Waals surface area contributed by atoms with Gasteiger partial charge in [0.05, 0.1) is 16.2 Å². The Balaban J connectivity index is 1.66. The number of nitrogens with zero attached hydrogens (tertiary/aromatic N) is 4. The predicted octanol–water partition coefficient (Wildman–Crippen LogP) is 2.98. The Morgan fingerprint density at radius 2 is 1.93 bits per heavy atom. The third-order valence-corrected chi connectivity index (χ3v) is 4.22. The second-order valence-corrected chi connectivity index (χ2v) is 6.56. The molecule has 10 heteroatoms. The molecule has 0 fully saturated rings. The lowest BCUT2D eigenvalue weighted by Gasteiger charge is -2.13. The molecule has 3 aromatic rings. The third kappa shape index (κ3) is 4.49. The molecule has 30 heavy (non-hydrogen) atoms. The van der Waals surface area contributed by atoms with E-state index in [9.17, 15) is 19.7 Å². The Kier molecular flexibility index (Phi) is 5.86. The molecule has 0 bridgehead atoms. The van der Waals surface area contributed by atoms with E-state index in [1.165, 1.54) is 37.4 Å². The van der Waals surface area contributed by atoms with Gasteiger partial charge in [0.15, 0.2) is 11.9 Å². The minimum Gasteiger partial charge on any atom is -0.449 e. The number of nitro groups is 1. The smallest absolute Gasteiger partial charge is 0.340 e. The van der Waals surface area contributed by atoms with Crippen LogP contribution in [0.1, 0.15) is 28.7 Å². The average molecular weight is 409 g/mol. The van der Waals surface area contributed by atoms with Gasteiger partial charge >= 0.3 is 5.97 Å². The van der Waals surface area contributed by atoms with Crippen molar-refractivity contribution in [1.29, 1.82) is 0 Å². The number of amides is 1. The first-order valence-corrected chi connectivity index (χ1v) is 9.01. The minimum atomic E-state index is -1.17. The molecule has 1 amide bonds. The number of aryl methyl sites for hydroxylation is 2. The van der Waals surface area contributed by atoms with Crippen molar-refractivity contribution in [1.82, 2.24) is 14.8 Å². The molecule has 0 aliphatic rings. The van der Waals surface area contributed by atoms with E-state index in [0.29, 0.717) is 5.82 Å². The molecule has 0 radical (unpaired) electrons. The van der Waals surface area contributed by atoms with Crippen molar-refractivity contribution in [3.8, 4) is 5.82 Å². The van der Waals surface area contributed by atoms with Crippen LogP contribution in [0.4, 0.5) is 11.4 Å². The number of para-hydroxylation sites is 2. The highest BCUT2D eigenvalue weighted by Crippen LogP contribution is 2.23. The van der Waals surface area contributed by atoms with E-state index >= 15 is 0 Å². The predicted molar refractivity (Wildman–Crippen MR) is 107 cm³/mol. The maximum absolute atomic E-state index is 12.3. The SMILES string of the molecule is Cc1cc(C)n(-c2ccc(C(=O)OC(C)C(=O)Nc3ccccc3[N+](=O)[O-])cn2)n1. The lowest BCUT2D eigenvalue weighted by atomic mass is 10.2. The number of nitrogens with one attached hydrogen (secondary N) is 1. The molecule has 0 spiro atoms. The van der Waals surface area contributed by atoms with Crippen molar-refractivity contribution in [2.24, 2.45) is 0 Å². The van der Waals surface area contributed by atoms with Gasteiger partial charge in [0, 0.05) is 18.0 Å². The fourth-order valence-corrected chi connectivity index (χ4v) is 2.75. The summed E-state index contributed by atoms with van der Waals surface area (Å²) in [5, 5.41) is 17.8. The fourth-order valence-electron chi connectivity index (χ4n) is 2.75. The Hall–Kier alpha value is -4.08. The molecule has 3 rings (SSSR count). The van der Waals surface area contributed by atoms with Crippen LogP contribution in [0.15, 0.2) is 48.7 Å². The molecular weight excluding hydrogens is 390 g/mol. The monoisotopic (exact) mass is 409 g/mol. The number of hydrogen-bond acceptors (Lipinski definition) is 7. The summed E-state index contributed by atoms with van der Waals surface area (Å²) >= 11 is 0. The number of carbonyl (C=O) groups is 2. The highest BCUT2D eigenvalue weighted by atomic mass is 16.6. The number of rotatable bonds is 6. The Bertz CT molecular complexity index is 1110. The normalized spacial score (nSPS) is 11.6. The minimum absolute atomic E-state index is 0.0197. The zero-order valence-electron chi connectivity index (χ0n) is 16.5. The van der Waals surface area contributed by atoms with E-state index in [2.05, 4.69) is 15.4 Å². The van der Waals surface area contributed by atoms with Gasteiger partial charge in [0.25, 0.3) is 11.6 Å². The first-order chi connectivity index (χ1) is 14.3. The molecule has 0 saturated heterocycles. The standard InChI is InChI=1S/C20H19N5O5/c1-12-10-13(2)24(23-12)18-9-8-15(11-21-18)20(27)30-14(3)19(26)22-16-6-4-5-7-17(16)25(28)29/h4-11,14H,1-3H3,(H,22,26). The molecular formula is C20H19N5O5. The maximum Gasteiger partial charge on any atom is 0.340 e. The molecule has 154 valence electrons. The number of nitro benzene ring substituents is 1. The molecule has 0 aliphatic carbocycles. The summed E-state index contributed by atoms with van der Waals surface area (Å²) in [6, 6.07) is 10.7. The van der Waals surface area contributed by atoms with Crippen molar-refractivity contribution in [2.45, 2.75) is 26.9 Å². The van der Waals surface area contributed by atoms with Gasteiger partial charge in [-0.05, 0) is 45.0 Å². The zero-order chi connectivity index (χ0) is 21.8. The summed E-state index contributed by atoms with van der Waals surface area (Å²) in [4.78, 5) is 39.3. The highest BCUT2D eigenvalue weighted by Gasteiger charge is 2.22. The number of pyridine rings is 1. The first kappa shape index (κ1) is 20.6. The number of benzene rings is 1. The lowest BCUT2D eigenvalue weighted by Crippen LogP contribution is -2.30. The largest absolute Gasteiger partial charge is 0.449 e. The van der Waals surface area contributed by atoms with Gasteiger partial charge in [-0.25, -0.2) is 14.5 Å². The van der Waals surface area contributed by atoms with Crippen molar-refractivity contribution in [3.05, 3.63) is 75.7 Å². The fraction of sp³-hybridized carbons (Fsp3) is 0.200. The second-order valence-electron chi connectivity index (χ2n) is 6.56. The van der Waals surface area contributed by atoms with Crippen LogP contribution in [0, 0.1) is 24.0 Å². The number of aromatic nitrogens is 3. The maximum atomic E-state index is 12.3. The van der Waals surface area contributed by atoms with Crippen LogP contribution >= 0.6 is 0 Å². The summed E-state index contributed by atoms with van der Waals surface area (Å²) < 4.78 is 6.81. The van der Waals surface area contributed by atoms with Gasteiger partial charge in [-0.3, -0.25) is 14.9 Å². The molecule has 1 N–H and O–H groups in total. The van der Waals surface area contributed by atoms with Crippen molar-refractivity contribution in [2.75, 3.05) is 5.32 Å². The van der Waals surface area contributed by atoms with Crippen LogP contribution in [-0.4, -0.2) is 37.7 Å². The summed E-state index contributed by atoms with van der Waals surface area (Å²) in [7, 11) is 0. The van der Waals surface area contributed by atoms with E-state index in [4.69, 9.17) is 4.74 Å². The third-order valence-electron chi connectivity index (χ3n) is 4.22. The van der Waals surface area contributed by atoms with Crippen LogP contribution in [0.25, 0.3) is 5.82 Å². The Morgan fingerprint density at radius 3 is 2.53 bits per heavy atom. The number of ether oxygens (including phenoxy) is 1. The summed E-state index contributed by atoms with van der Waals surface area (Å²) in [6.07, 6.45) is 0.161. The van der Waals surface area contributed by atoms with E-state index in [1.54, 1.807) is 16.8 Å². The molecule has 1 unspecified atom stereocenters. The number of esters is 1. The second kappa shape index (κ2) is 8.52. The number of anilines is 1. The van der Waals surface area contributed by atoms with Crippen molar-refractivity contribution in [3.63, 3.8) is 0 Å². The first-order valence-electron chi connectivity index (χ1n) is 9.01. The van der Waals surface area contributed by atoms with Crippen LogP contribution in [0.5, 0.6) is 0 Å². The molecule has 1 aromatic carbocycles. The topological polar surface area (TPSA) is 129 Å². The van der Waals surface area contributed by atoms with Gasteiger partial charge in [-0.1, -0.05) is 12.1 Å². The molecule has 10 nitrogen and oxygen atoms in total. The molecule has 1 atom stereocenters. The molecule has 0 saturated carbocycles. The number of carbonyl (C=O) groups excluding carboxylic acids is 2. The Morgan fingerprint density at radius 1 is 1.20 bits per heavy atom. The summed E-state index contributed by atoms with van der Waals surface area (Å²) in [6.45, 7) is 5.13. The summed E-state index contributed by atoms with van der Waals surface area (Å²) in [5.41, 5.74) is 1.66. The number of hydrogen-bond donors (Lipinski definition) is 1. The molecule has 2 aromatic heterocycles. The average Bonchev–Trinajstić information content (AvgIpc) is 3.06. The molecule has 2 heterocycles. The summed E-state index contributed by atoms with van der Waals surface area (Å²) in [5.74, 6) is -0.892. The lowest BCUT2D eigenvalue weighted by molar-refractivity contribution is -0.383. The Labute approximate surface area is 171 Å². The van der Waals surface area contributed by atoms with Gasteiger partial charge < -0.3 is 10.1 Å².